The lowest BCUT2D eigenvalue weighted by molar-refractivity contribution is -0.00000210. The summed E-state index contributed by atoms with van der Waals surface area (Å²) >= 11 is 0. The van der Waals surface area contributed by atoms with Crippen LogP contribution in [0.3, 0.4) is 0 Å². The standard InChI is InChI=1S/C7H18P.ClH/c1-6-8(4,5)7(2)3;/h7H,6H2,1-5H3;1H/q+1;/p-1. The quantitative estimate of drug-likeness (QED) is 0.497. The van der Waals surface area contributed by atoms with Crippen molar-refractivity contribution < 1.29 is 12.4 Å². The second kappa shape index (κ2) is 4.52. The van der Waals surface area contributed by atoms with Gasteiger partial charge in [0, 0.05) is 20.6 Å². The van der Waals surface area contributed by atoms with E-state index in [1.54, 1.807) is 0 Å². The predicted molar refractivity (Wildman–Crippen MR) is 44.4 cm³/mol. The van der Waals surface area contributed by atoms with Crippen molar-refractivity contribution in [2.45, 2.75) is 26.4 Å². The molecule has 0 radical (unpaired) electrons. The summed E-state index contributed by atoms with van der Waals surface area (Å²) in [5.74, 6) is 0. The van der Waals surface area contributed by atoms with E-state index in [0.717, 1.165) is 5.66 Å². The van der Waals surface area contributed by atoms with Gasteiger partial charge in [-0.2, -0.15) is 0 Å². The van der Waals surface area contributed by atoms with E-state index in [0.29, 0.717) is 0 Å². The van der Waals surface area contributed by atoms with Crippen LogP contribution in [0.25, 0.3) is 0 Å². The average molecular weight is 169 g/mol. The number of hydrogen-bond donors (Lipinski definition) is 0. The van der Waals surface area contributed by atoms with E-state index >= 15 is 0 Å². The van der Waals surface area contributed by atoms with Crippen molar-refractivity contribution in [3.05, 3.63) is 0 Å². The van der Waals surface area contributed by atoms with Crippen LogP contribution in [0, 0.1) is 0 Å². The van der Waals surface area contributed by atoms with Gasteiger partial charge in [-0.1, -0.05) is 0 Å². The van der Waals surface area contributed by atoms with Crippen molar-refractivity contribution in [3.63, 3.8) is 0 Å². The van der Waals surface area contributed by atoms with Crippen molar-refractivity contribution in [2.24, 2.45) is 0 Å². The average Bonchev–Trinajstić information content (AvgIpc) is 1.67. The zero-order valence-corrected chi connectivity index (χ0v) is 8.76. The highest BCUT2D eigenvalue weighted by molar-refractivity contribution is 7.75. The maximum Gasteiger partial charge on any atom is 0.0636 e. The highest BCUT2D eigenvalue weighted by atomic mass is 35.5. The molecule has 0 atom stereocenters. The molecule has 0 rings (SSSR count). The molecule has 0 saturated carbocycles. The second-order valence-corrected chi connectivity index (χ2v) is 8.41. The lowest BCUT2D eigenvalue weighted by atomic mass is 10.6. The summed E-state index contributed by atoms with van der Waals surface area (Å²) in [6, 6.07) is 0. The normalized spacial score (nSPS) is 11.3. The SMILES string of the molecule is CC[P+](C)(C)C(C)C.[Cl-]. The van der Waals surface area contributed by atoms with Crippen LogP contribution in [0.2, 0.25) is 0 Å². The molecule has 0 heterocycles. The second-order valence-electron chi connectivity index (χ2n) is 3.19. The summed E-state index contributed by atoms with van der Waals surface area (Å²) in [6.07, 6.45) is 1.39. The van der Waals surface area contributed by atoms with E-state index in [1.165, 1.54) is 6.16 Å². The molecule has 2 heteroatoms. The van der Waals surface area contributed by atoms with Gasteiger partial charge in [0.2, 0.25) is 0 Å². The van der Waals surface area contributed by atoms with Crippen molar-refractivity contribution in [1.82, 2.24) is 0 Å². The third-order valence-corrected chi connectivity index (χ3v) is 6.64. The Morgan fingerprint density at radius 2 is 1.56 bits per heavy atom. The van der Waals surface area contributed by atoms with Gasteiger partial charge in [-0.3, -0.25) is 0 Å². The van der Waals surface area contributed by atoms with Crippen LogP contribution in [0.15, 0.2) is 0 Å². The van der Waals surface area contributed by atoms with Gasteiger partial charge in [0.05, 0.1) is 11.8 Å². The van der Waals surface area contributed by atoms with Gasteiger partial charge in [0.1, 0.15) is 0 Å². The summed E-state index contributed by atoms with van der Waals surface area (Å²) in [6.45, 7) is 11.8. The Hall–Kier alpha value is 0.720. The van der Waals surface area contributed by atoms with Crippen molar-refractivity contribution >= 4 is 7.26 Å². The van der Waals surface area contributed by atoms with Crippen molar-refractivity contribution in [2.75, 3.05) is 19.5 Å². The molecule has 0 spiro atoms. The first kappa shape index (κ1) is 12.4. The molecule has 0 bridgehead atoms. The van der Waals surface area contributed by atoms with Gasteiger partial charge in [0.25, 0.3) is 0 Å². The summed E-state index contributed by atoms with van der Waals surface area (Å²) in [4.78, 5) is 0. The van der Waals surface area contributed by atoms with Crippen LogP contribution in [-0.4, -0.2) is 25.2 Å². The maximum absolute atomic E-state index is 2.43. The lowest BCUT2D eigenvalue weighted by Gasteiger charge is -2.19. The van der Waals surface area contributed by atoms with Crippen LogP contribution >= 0.6 is 7.26 Å². The summed E-state index contributed by atoms with van der Waals surface area (Å²) < 4.78 is 0. The predicted octanol–water partition coefficient (Wildman–Crippen LogP) is -0.304. The van der Waals surface area contributed by atoms with E-state index in [9.17, 15) is 0 Å². The smallest absolute Gasteiger partial charge is 0.0636 e. The Kier molecular flexibility index (Phi) is 6.23. The molecule has 0 unspecified atom stereocenters. The highest BCUT2D eigenvalue weighted by Gasteiger charge is 2.25. The first-order valence-corrected chi connectivity index (χ1v) is 6.27. The summed E-state index contributed by atoms with van der Waals surface area (Å²) in [7, 11) is -0.495. The summed E-state index contributed by atoms with van der Waals surface area (Å²) in [5, 5.41) is 0. The fraction of sp³-hybridized carbons (Fsp3) is 1.00. The monoisotopic (exact) mass is 168 g/mol. The minimum Gasteiger partial charge on any atom is -1.00 e. The highest BCUT2D eigenvalue weighted by Crippen LogP contribution is 2.54. The van der Waals surface area contributed by atoms with Crippen LogP contribution in [-0.2, 0) is 0 Å². The molecule has 0 amide bonds. The van der Waals surface area contributed by atoms with E-state index in [2.05, 4.69) is 34.1 Å². The zero-order valence-electron chi connectivity index (χ0n) is 7.11. The topological polar surface area (TPSA) is 0 Å². The van der Waals surface area contributed by atoms with Gasteiger partial charge >= 0.3 is 0 Å². The molecule has 0 aromatic carbocycles. The van der Waals surface area contributed by atoms with Crippen LogP contribution in [0.1, 0.15) is 20.8 Å². The first-order chi connectivity index (χ1) is 3.50. The molecule has 0 aliphatic carbocycles. The third kappa shape index (κ3) is 4.17. The summed E-state index contributed by atoms with van der Waals surface area (Å²) in [5.41, 5.74) is 0.924. The number of hydrogen-bond acceptors (Lipinski definition) is 0. The largest absolute Gasteiger partial charge is 1.00 e. The van der Waals surface area contributed by atoms with E-state index in [1.807, 2.05) is 0 Å². The number of halogens is 1. The Morgan fingerprint density at radius 3 is 1.56 bits per heavy atom. The fourth-order valence-electron chi connectivity index (χ4n) is 0.365. The molecule has 0 aromatic heterocycles. The maximum atomic E-state index is 2.43. The van der Waals surface area contributed by atoms with Gasteiger partial charge in [-0.15, -0.1) is 0 Å². The van der Waals surface area contributed by atoms with Crippen LogP contribution < -0.4 is 12.4 Å². The van der Waals surface area contributed by atoms with Gasteiger partial charge < -0.3 is 12.4 Å². The Bertz CT molecular complexity index is 69.3. The molecule has 0 aromatic rings. The molecular formula is C7H18ClP. The van der Waals surface area contributed by atoms with Crippen LogP contribution in [0.5, 0.6) is 0 Å². The zero-order chi connectivity index (χ0) is 6.78. The van der Waals surface area contributed by atoms with E-state index in [4.69, 9.17) is 0 Å². The molecule has 0 saturated heterocycles. The Labute approximate surface area is 66.2 Å². The first-order valence-electron chi connectivity index (χ1n) is 3.33. The van der Waals surface area contributed by atoms with E-state index < -0.39 is 7.26 Å². The van der Waals surface area contributed by atoms with Gasteiger partial charge in [-0.05, 0) is 20.8 Å². The minimum atomic E-state index is -0.495. The number of rotatable bonds is 2. The van der Waals surface area contributed by atoms with E-state index in [-0.39, 0.29) is 12.4 Å². The molecule has 0 N–H and O–H groups in total. The molecule has 0 aliphatic rings. The molecule has 0 nitrogen and oxygen atoms in total. The molecule has 58 valence electrons. The molecule has 9 heavy (non-hydrogen) atoms. The fourth-order valence-corrected chi connectivity index (χ4v) is 1.10. The molecule has 0 aliphatic heterocycles. The Morgan fingerprint density at radius 1 is 1.22 bits per heavy atom. The lowest BCUT2D eigenvalue weighted by Crippen LogP contribution is -3.00. The molecule has 0 fully saturated rings. The Balaban J connectivity index is 0. The van der Waals surface area contributed by atoms with Crippen molar-refractivity contribution in [1.29, 1.82) is 0 Å². The van der Waals surface area contributed by atoms with Crippen LogP contribution in [0.4, 0.5) is 0 Å². The molecular weight excluding hydrogens is 151 g/mol. The van der Waals surface area contributed by atoms with Gasteiger partial charge in [0.15, 0.2) is 0 Å². The minimum absolute atomic E-state index is 0. The van der Waals surface area contributed by atoms with Crippen molar-refractivity contribution in [3.8, 4) is 0 Å². The van der Waals surface area contributed by atoms with Gasteiger partial charge in [-0.25, -0.2) is 0 Å². The third-order valence-electron chi connectivity index (χ3n) is 2.21.